The van der Waals surface area contributed by atoms with Crippen molar-refractivity contribution in [2.45, 2.75) is 18.8 Å². The maximum Gasteiger partial charge on any atom is 0.251 e. The number of aliphatic hydroxyl groups excluding tert-OH is 1. The van der Waals surface area contributed by atoms with E-state index in [2.05, 4.69) is 11.4 Å². The van der Waals surface area contributed by atoms with Gasteiger partial charge in [-0.3, -0.25) is 4.79 Å². The Hall–Kier alpha value is -2.16. The molecule has 2 aromatic rings. The first-order valence-corrected chi connectivity index (χ1v) is 8.05. The van der Waals surface area contributed by atoms with E-state index in [4.69, 9.17) is 10.4 Å². The summed E-state index contributed by atoms with van der Waals surface area (Å²) in [7, 11) is 0. The van der Waals surface area contributed by atoms with Gasteiger partial charge in [0.1, 0.15) is 0 Å². The first kappa shape index (κ1) is 16.2. The molecule has 2 N–H and O–H groups in total. The zero-order chi connectivity index (χ0) is 15.8. The molecule has 1 aromatic carbocycles. The molecule has 1 heterocycles. The highest BCUT2D eigenvalue weighted by atomic mass is 32.1. The van der Waals surface area contributed by atoms with Crippen molar-refractivity contribution in [2.75, 3.05) is 13.2 Å². The number of benzene rings is 1. The number of rotatable bonds is 7. The minimum atomic E-state index is -0.175. The van der Waals surface area contributed by atoms with Gasteiger partial charge >= 0.3 is 0 Å². The second-order valence-corrected chi connectivity index (χ2v) is 5.94. The fraction of sp³-hybridized carbons (Fsp3) is 0.294. The lowest BCUT2D eigenvalue weighted by molar-refractivity contribution is 0.0952. The van der Waals surface area contributed by atoms with Crippen LogP contribution in [0.25, 0.3) is 0 Å². The summed E-state index contributed by atoms with van der Waals surface area (Å²) in [6, 6.07) is 12.7. The van der Waals surface area contributed by atoms with Crippen LogP contribution in [0.5, 0.6) is 0 Å². The molecule has 0 bridgehead atoms. The lowest BCUT2D eigenvalue weighted by atomic mass is 10.00. The van der Waals surface area contributed by atoms with Gasteiger partial charge in [-0.05, 0) is 48.4 Å². The molecular weight excluding hydrogens is 296 g/mol. The minimum absolute atomic E-state index is 0.140. The lowest BCUT2D eigenvalue weighted by Gasteiger charge is -2.14. The van der Waals surface area contributed by atoms with E-state index >= 15 is 0 Å². The summed E-state index contributed by atoms with van der Waals surface area (Å²) in [4.78, 5) is 13.3. The average molecular weight is 314 g/mol. The third-order valence-corrected chi connectivity index (χ3v) is 4.49. The molecular formula is C17H18N2O2S. The monoisotopic (exact) mass is 314 g/mol. The van der Waals surface area contributed by atoms with Crippen LogP contribution in [0.2, 0.25) is 0 Å². The zero-order valence-electron chi connectivity index (χ0n) is 12.2. The Labute approximate surface area is 134 Å². The van der Waals surface area contributed by atoms with Crippen molar-refractivity contribution in [3.63, 3.8) is 0 Å². The van der Waals surface area contributed by atoms with E-state index < -0.39 is 0 Å². The predicted molar refractivity (Wildman–Crippen MR) is 86.9 cm³/mol. The number of hydrogen-bond donors (Lipinski definition) is 2. The van der Waals surface area contributed by atoms with Crippen LogP contribution >= 0.6 is 11.3 Å². The molecule has 0 radical (unpaired) electrons. The molecule has 0 saturated carbocycles. The summed E-state index contributed by atoms with van der Waals surface area (Å²) in [6.45, 7) is 0.679. The van der Waals surface area contributed by atoms with E-state index in [0.717, 1.165) is 6.42 Å². The average Bonchev–Trinajstić information content (AvgIpc) is 3.08. The Bertz CT molecular complexity index is 647. The van der Waals surface area contributed by atoms with Gasteiger partial charge in [-0.15, -0.1) is 11.3 Å². The van der Waals surface area contributed by atoms with E-state index in [1.54, 1.807) is 35.6 Å². The summed E-state index contributed by atoms with van der Waals surface area (Å²) in [5.74, 6) is 0.0850. The summed E-state index contributed by atoms with van der Waals surface area (Å²) in [5, 5.41) is 22.9. The van der Waals surface area contributed by atoms with Gasteiger partial charge in [0.15, 0.2) is 0 Å². The molecule has 0 fully saturated rings. The number of thiophene rings is 1. The zero-order valence-corrected chi connectivity index (χ0v) is 13.0. The second kappa shape index (κ2) is 8.32. The van der Waals surface area contributed by atoms with E-state index in [0.29, 0.717) is 24.1 Å². The van der Waals surface area contributed by atoms with Crippen LogP contribution in [0.1, 0.15) is 39.6 Å². The number of carbonyl (C=O) groups is 1. The standard InChI is InChI=1S/C17H18N2O2S/c18-12-13-3-1-4-15(11-13)17(21)19-8-6-14(7-9-20)16-5-2-10-22-16/h1-5,10-11,14,20H,6-9H2,(H,19,21)/t14-/m1/s1. The first-order chi connectivity index (χ1) is 10.7. The number of nitrogens with one attached hydrogen (secondary N) is 1. The van der Waals surface area contributed by atoms with Gasteiger partial charge < -0.3 is 10.4 Å². The van der Waals surface area contributed by atoms with Gasteiger partial charge in [0.2, 0.25) is 0 Å². The fourth-order valence-electron chi connectivity index (χ4n) is 2.30. The van der Waals surface area contributed by atoms with E-state index in [9.17, 15) is 4.79 Å². The van der Waals surface area contributed by atoms with E-state index in [-0.39, 0.29) is 18.4 Å². The molecule has 0 unspecified atom stereocenters. The summed E-state index contributed by atoms with van der Waals surface area (Å²) in [6.07, 6.45) is 1.48. The van der Waals surface area contributed by atoms with Gasteiger partial charge in [-0.25, -0.2) is 0 Å². The van der Waals surface area contributed by atoms with Crippen LogP contribution in [-0.4, -0.2) is 24.2 Å². The van der Waals surface area contributed by atoms with Crippen molar-refractivity contribution in [3.05, 3.63) is 57.8 Å². The molecule has 114 valence electrons. The quantitative estimate of drug-likeness (QED) is 0.825. The van der Waals surface area contributed by atoms with Crippen LogP contribution in [-0.2, 0) is 0 Å². The number of nitriles is 1. The number of hydrogen-bond acceptors (Lipinski definition) is 4. The third kappa shape index (κ3) is 4.42. The molecule has 1 amide bonds. The molecule has 22 heavy (non-hydrogen) atoms. The van der Waals surface area contributed by atoms with Crippen molar-refractivity contribution in [2.24, 2.45) is 0 Å². The normalized spacial score (nSPS) is 11.6. The topological polar surface area (TPSA) is 73.1 Å². The smallest absolute Gasteiger partial charge is 0.251 e. The molecule has 0 aliphatic rings. The fourth-order valence-corrected chi connectivity index (χ4v) is 3.20. The van der Waals surface area contributed by atoms with Gasteiger partial charge in [0.25, 0.3) is 5.91 Å². The van der Waals surface area contributed by atoms with Crippen molar-refractivity contribution < 1.29 is 9.90 Å². The van der Waals surface area contributed by atoms with Crippen molar-refractivity contribution in [1.82, 2.24) is 5.32 Å². The predicted octanol–water partition coefficient (Wildman–Crippen LogP) is 2.91. The van der Waals surface area contributed by atoms with Crippen molar-refractivity contribution >= 4 is 17.2 Å². The van der Waals surface area contributed by atoms with Gasteiger partial charge in [-0.1, -0.05) is 12.1 Å². The molecule has 2 rings (SSSR count). The van der Waals surface area contributed by atoms with Gasteiger partial charge in [-0.2, -0.15) is 5.26 Å². The maximum absolute atomic E-state index is 12.1. The molecule has 0 aliphatic heterocycles. The van der Waals surface area contributed by atoms with Crippen LogP contribution in [0, 0.1) is 11.3 Å². The first-order valence-electron chi connectivity index (χ1n) is 7.17. The highest BCUT2D eigenvalue weighted by Crippen LogP contribution is 2.26. The second-order valence-electron chi connectivity index (χ2n) is 4.96. The van der Waals surface area contributed by atoms with Crippen LogP contribution < -0.4 is 5.32 Å². The number of aliphatic hydroxyl groups is 1. The van der Waals surface area contributed by atoms with Gasteiger partial charge in [0, 0.05) is 23.6 Å². The molecule has 0 spiro atoms. The Kier molecular flexibility index (Phi) is 6.13. The maximum atomic E-state index is 12.1. The summed E-state index contributed by atoms with van der Waals surface area (Å²) < 4.78 is 0. The Morgan fingerprint density at radius 1 is 1.32 bits per heavy atom. The highest BCUT2D eigenvalue weighted by molar-refractivity contribution is 7.10. The Morgan fingerprint density at radius 2 is 2.18 bits per heavy atom. The van der Waals surface area contributed by atoms with E-state index in [1.807, 2.05) is 17.5 Å². The molecule has 1 aromatic heterocycles. The Balaban J connectivity index is 1.89. The third-order valence-electron chi connectivity index (χ3n) is 3.46. The Morgan fingerprint density at radius 3 is 2.86 bits per heavy atom. The molecule has 1 atom stereocenters. The lowest BCUT2D eigenvalue weighted by Crippen LogP contribution is -2.25. The number of carbonyl (C=O) groups excluding carboxylic acids is 1. The van der Waals surface area contributed by atoms with E-state index in [1.165, 1.54) is 4.88 Å². The molecule has 4 nitrogen and oxygen atoms in total. The van der Waals surface area contributed by atoms with Crippen LogP contribution in [0.3, 0.4) is 0 Å². The largest absolute Gasteiger partial charge is 0.396 e. The highest BCUT2D eigenvalue weighted by Gasteiger charge is 2.13. The number of amides is 1. The summed E-state index contributed by atoms with van der Waals surface area (Å²) in [5.41, 5.74) is 0.971. The van der Waals surface area contributed by atoms with Crippen LogP contribution in [0.4, 0.5) is 0 Å². The number of nitrogens with zero attached hydrogens (tertiary/aromatic N) is 1. The molecule has 0 saturated heterocycles. The van der Waals surface area contributed by atoms with Crippen LogP contribution in [0.15, 0.2) is 41.8 Å². The molecule has 0 aliphatic carbocycles. The molecule has 5 heteroatoms. The summed E-state index contributed by atoms with van der Waals surface area (Å²) >= 11 is 1.67. The minimum Gasteiger partial charge on any atom is -0.396 e. The van der Waals surface area contributed by atoms with Crippen molar-refractivity contribution in [1.29, 1.82) is 5.26 Å². The van der Waals surface area contributed by atoms with Gasteiger partial charge in [0.05, 0.1) is 11.6 Å². The SMILES string of the molecule is N#Cc1cccc(C(=O)NCC[C@H](CCO)c2cccs2)c1. The van der Waals surface area contributed by atoms with Crippen molar-refractivity contribution in [3.8, 4) is 6.07 Å².